The lowest BCUT2D eigenvalue weighted by Crippen LogP contribution is -2.26. The summed E-state index contributed by atoms with van der Waals surface area (Å²) in [7, 11) is 7.54. The van der Waals surface area contributed by atoms with E-state index in [1.54, 1.807) is 13.2 Å². The summed E-state index contributed by atoms with van der Waals surface area (Å²) in [6, 6.07) is 13.0. The van der Waals surface area contributed by atoms with Crippen molar-refractivity contribution < 1.29 is 14.3 Å². The SMILES string of the molecule is [B]c1ccc2c(C(=O)CCCC(=O)NCCOC)c(-c3cc4cc(Cl)ccc4[nH]3)[nH]c2c1. The number of carbonyl (C=O) groups excluding carboxylic acids is 2. The lowest BCUT2D eigenvalue weighted by atomic mass is 9.93. The van der Waals surface area contributed by atoms with Gasteiger partial charge in [-0.15, -0.1) is 0 Å². The molecule has 0 aliphatic heterocycles. The van der Waals surface area contributed by atoms with Crippen LogP contribution in [0, 0.1) is 0 Å². The Bertz CT molecular complexity index is 1290. The Kier molecular flexibility index (Phi) is 6.67. The van der Waals surface area contributed by atoms with Crippen molar-refractivity contribution in [1.82, 2.24) is 15.3 Å². The number of fused-ring (bicyclic) bond motifs is 2. The van der Waals surface area contributed by atoms with Crippen molar-refractivity contribution in [3.8, 4) is 11.4 Å². The smallest absolute Gasteiger partial charge is 0.220 e. The Labute approximate surface area is 192 Å². The number of H-pyrrole nitrogens is 2. The highest BCUT2D eigenvalue weighted by Gasteiger charge is 2.21. The predicted molar refractivity (Wildman–Crippen MR) is 129 cm³/mol. The van der Waals surface area contributed by atoms with E-state index < -0.39 is 0 Å². The lowest BCUT2D eigenvalue weighted by molar-refractivity contribution is -0.121. The summed E-state index contributed by atoms with van der Waals surface area (Å²) in [5.41, 5.74) is 4.41. The molecule has 4 aromatic rings. The molecule has 0 fully saturated rings. The molecule has 2 heterocycles. The van der Waals surface area contributed by atoms with Crippen LogP contribution in [-0.2, 0) is 9.53 Å². The molecule has 162 valence electrons. The summed E-state index contributed by atoms with van der Waals surface area (Å²) in [5, 5.41) is 5.18. The minimum absolute atomic E-state index is 0.0302. The molecule has 6 nitrogen and oxygen atoms in total. The maximum Gasteiger partial charge on any atom is 0.220 e. The summed E-state index contributed by atoms with van der Waals surface area (Å²) < 4.78 is 4.93. The van der Waals surface area contributed by atoms with E-state index in [-0.39, 0.29) is 24.5 Å². The highest BCUT2D eigenvalue weighted by Crippen LogP contribution is 2.33. The van der Waals surface area contributed by atoms with Crippen LogP contribution >= 0.6 is 11.6 Å². The first-order valence-electron chi connectivity index (χ1n) is 10.4. The molecule has 32 heavy (non-hydrogen) atoms. The van der Waals surface area contributed by atoms with E-state index in [0.29, 0.717) is 41.3 Å². The van der Waals surface area contributed by atoms with Crippen LogP contribution in [0.2, 0.25) is 5.02 Å². The largest absolute Gasteiger partial charge is 0.383 e. The first kappa shape index (κ1) is 22.2. The molecule has 2 aromatic heterocycles. The number of hydrogen-bond donors (Lipinski definition) is 3. The fourth-order valence-electron chi connectivity index (χ4n) is 3.86. The topological polar surface area (TPSA) is 87.0 Å². The van der Waals surface area contributed by atoms with E-state index in [9.17, 15) is 9.59 Å². The number of rotatable bonds is 9. The number of hydrogen-bond acceptors (Lipinski definition) is 3. The van der Waals surface area contributed by atoms with E-state index in [1.165, 1.54) is 0 Å². The lowest BCUT2D eigenvalue weighted by Gasteiger charge is -2.05. The van der Waals surface area contributed by atoms with Gasteiger partial charge in [-0.3, -0.25) is 9.59 Å². The van der Waals surface area contributed by atoms with E-state index in [0.717, 1.165) is 27.5 Å². The van der Waals surface area contributed by atoms with Gasteiger partial charge in [-0.2, -0.15) is 0 Å². The second kappa shape index (κ2) is 9.63. The van der Waals surface area contributed by atoms with Crippen LogP contribution in [0.3, 0.4) is 0 Å². The highest BCUT2D eigenvalue weighted by atomic mass is 35.5. The van der Waals surface area contributed by atoms with Gasteiger partial charge < -0.3 is 20.0 Å². The van der Waals surface area contributed by atoms with Crippen LogP contribution in [0.4, 0.5) is 0 Å². The minimum atomic E-state index is -0.0886. The summed E-state index contributed by atoms with van der Waals surface area (Å²) in [5.74, 6) is -0.119. The molecule has 0 bridgehead atoms. The number of benzene rings is 2. The summed E-state index contributed by atoms with van der Waals surface area (Å²) in [4.78, 5) is 31.9. The molecule has 0 spiro atoms. The number of halogens is 1. The van der Waals surface area contributed by atoms with Crippen molar-refractivity contribution in [2.24, 2.45) is 0 Å². The maximum atomic E-state index is 13.3. The molecule has 3 N–H and O–H groups in total. The van der Waals surface area contributed by atoms with Crippen molar-refractivity contribution in [3.05, 3.63) is 53.1 Å². The molecule has 8 heteroatoms. The van der Waals surface area contributed by atoms with Gasteiger partial charge in [0.1, 0.15) is 7.85 Å². The second-order valence-corrected chi connectivity index (χ2v) is 8.15. The van der Waals surface area contributed by atoms with E-state index in [1.807, 2.05) is 36.4 Å². The van der Waals surface area contributed by atoms with Crippen molar-refractivity contribution in [2.45, 2.75) is 19.3 Å². The normalized spacial score (nSPS) is 11.3. The van der Waals surface area contributed by atoms with Gasteiger partial charge in [0.15, 0.2) is 5.78 Å². The molecular weight excluding hydrogens is 425 g/mol. The number of methoxy groups -OCH3 is 1. The van der Waals surface area contributed by atoms with E-state index in [4.69, 9.17) is 24.2 Å². The molecule has 2 radical (unpaired) electrons. The number of nitrogens with one attached hydrogen (secondary N) is 3. The summed E-state index contributed by atoms with van der Waals surface area (Å²) >= 11 is 6.13. The molecule has 0 saturated carbocycles. The molecule has 0 atom stereocenters. The van der Waals surface area contributed by atoms with Gasteiger partial charge in [-0.1, -0.05) is 29.2 Å². The molecule has 4 rings (SSSR count). The van der Waals surface area contributed by atoms with Crippen LogP contribution in [0.1, 0.15) is 29.6 Å². The van der Waals surface area contributed by atoms with Crippen LogP contribution in [-0.4, -0.2) is 49.8 Å². The maximum absolute atomic E-state index is 13.3. The van der Waals surface area contributed by atoms with Gasteiger partial charge in [-0.05, 0) is 36.8 Å². The Morgan fingerprint density at radius 2 is 1.91 bits per heavy atom. The third-order valence-corrected chi connectivity index (χ3v) is 5.62. The molecule has 0 aliphatic rings. The van der Waals surface area contributed by atoms with Crippen molar-refractivity contribution in [3.63, 3.8) is 0 Å². The van der Waals surface area contributed by atoms with Crippen LogP contribution in [0.5, 0.6) is 0 Å². The first-order valence-corrected chi connectivity index (χ1v) is 10.8. The van der Waals surface area contributed by atoms with Crippen LogP contribution in [0.25, 0.3) is 33.2 Å². The zero-order valence-corrected chi connectivity index (χ0v) is 18.5. The number of Topliss-reactive ketones (excluding diaryl/α,β-unsaturated/α-hetero) is 1. The average Bonchev–Trinajstić information content (AvgIpc) is 3.34. The number of carbonyl (C=O) groups is 2. The monoisotopic (exact) mass is 447 g/mol. The third kappa shape index (κ3) is 4.74. The van der Waals surface area contributed by atoms with Crippen molar-refractivity contribution >= 4 is 58.4 Å². The van der Waals surface area contributed by atoms with E-state index in [2.05, 4.69) is 15.3 Å². The Morgan fingerprint density at radius 3 is 2.72 bits per heavy atom. The van der Waals surface area contributed by atoms with Gasteiger partial charge in [0.05, 0.1) is 23.6 Å². The van der Waals surface area contributed by atoms with Crippen molar-refractivity contribution in [2.75, 3.05) is 20.3 Å². The van der Waals surface area contributed by atoms with E-state index >= 15 is 0 Å². The third-order valence-electron chi connectivity index (χ3n) is 5.39. The first-order chi connectivity index (χ1) is 15.5. The second-order valence-electron chi connectivity index (χ2n) is 7.71. The molecule has 0 saturated heterocycles. The van der Waals surface area contributed by atoms with Crippen LogP contribution < -0.4 is 10.8 Å². The van der Waals surface area contributed by atoms with Gasteiger partial charge >= 0.3 is 0 Å². The summed E-state index contributed by atoms with van der Waals surface area (Å²) in [6.07, 6.45) is 1.00. The molecular formula is C24H23BClN3O3. The Hall–Kier alpha value is -3.03. The molecule has 1 amide bonds. The Balaban J connectivity index is 1.62. The molecule has 0 aliphatic carbocycles. The fraction of sp³-hybridized carbons (Fsp3) is 0.250. The number of aromatic nitrogens is 2. The zero-order chi connectivity index (χ0) is 22.7. The minimum Gasteiger partial charge on any atom is -0.383 e. The Morgan fingerprint density at radius 1 is 1.06 bits per heavy atom. The van der Waals surface area contributed by atoms with Gasteiger partial charge in [-0.25, -0.2) is 0 Å². The quantitative estimate of drug-likeness (QED) is 0.207. The fourth-order valence-corrected chi connectivity index (χ4v) is 4.04. The van der Waals surface area contributed by atoms with Gasteiger partial charge in [0.25, 0.3) is 0 Å². The predicted octanol–water partition coefficient (Wildman–Crippen LogP) is 3.88. The molecule has 2 aromatic carbocycles. The molecule has 0 unspecified atom stereocenters. The van der Waals surface area contributed by atoms with Crippen LogP contribution in [0.15, 0.2) is 42.5 Å². The van der Waals surface area contributed by atoms with Crippen molar-refractivity contribution in [1.29, 1.82) is 0 Å². The number of aromatic amines is 2. The highest BCUT2D eigenvalue weighted by molar-refractivity contribution is 6.33. The van der Waals surface area contributed by atoms with Gasteiger partial charge in [0, 0.05) is 53.3 Å². The zero-order valence-electron chi connectivity index (χ0n) is 17.8. The number of ether oxygens (including phenoxy) is 1. The van der Waals surface area contributed by atoms with Gasteiger partial charge in [0.2, 0.25) is 5.91 Å². The number of ketones is 1. The summed E-state index contributed by atoms with van der Waals surface area (Å²) in [6.45, 7) is 0.921. The standard InChI is InChI=1S/C24H23BClN3O3/c1-32-10-9-27-22(31)4-2-3-21(30)23-17-7-5-15(25)13-19(17)29-24(23)20-12-14-11-16(26)6-8-18(14)28-20/h5-8,11-13,28-29H,2-4,9-10H2,1H3,(H,27,31). The average molecular weight is 448 g/mol. The number of amides is 1.